The fourth-order valence-corrected chi connectivity index (χ4v) is 2.84. The van der Waals surface area contributed by atoms with E-state index in [1.807, 2.05) is 0 Å². The molecule has 0 aromatic rings. The number of quaternary nitrogens is 1. The molecule has 0 saturated carbocycles. The lowest BCUT2D eigenvalue weighted by Gasteiger charge is -2.37. The summed E-state index contributed by atoms with van der Waals surface area (Å²) in [6, 6.07) is 0.888. The lowest BCUT2D eigenvalue weighted by Crippen LogP contribution is -3.08. The van der Waals surface area contributed by atoms with Gasteiger partial charge in [-0.15, -0.1) is 0 Å². The predicted octanol–water partition coefficient (Wildman–Crippen LogP) is 0.701. The molecular formula is C12H24N2. The summed E-state index contributed by atoms with van der Waals surface area (Å²) in [5.74, 6) is 0. The number of rotatable bonds is 1. The maximum atomic E-state index is 4.09. The molecule has 2 saturated heterocycles. The molecule has 2 heterocycles. The van der Waals surface area contributed by atoms with E-state index in [0.717, 1.165) is 6.04 Å². The maximum Gasteiger partial charge on any atom is 0.0545 e. The molecule has 0 aromatic heterocycles. The standard InChI is InChI=1S/C12H24N2/c1-13-10-6-12(7-11-13)14-8-4-2-3-5-9-14/h12-13H,1-11H2. The van der Waals surface area contributed by atoms with Crippen LogP contribution in [0.25, 0.3) is 0 Å². The van der Waals surface area contributed by atoms with Crippen molar-refractivity contribution in [2.24, 2.45) is 0 Å². The summed E-state index contributed by atoms with van der Waals surface area (Å²) in [6.07, 6.45) is 8.51. The van der Waals surface area contributed by atoms with Crippen molar-refractivity contribution in [3.8, 4) is 0 Å². The summed E-state index contributed by atoms with van der Waals surface area (Å²) >= 11 is 0. The van der Waals surface area contributed by atoms with Crippen LogP contribution in [0, 0.1) is 7.05 Å². The molecule has 0 unspecified atom stereocenters. The zero-order valence-electron chi connectivity index (χ0n) is 9.30. The van der Waals surface area contributed by atoms with Crippen molar-refractivity contribution >= 4 is 0 Å². The minimum Gasteiger partial charge on any atom is -0.468 e. The molecule has 2 heteroatoms. The topological polar surface area (TPSA) is 7.68 Å². The van der Waals surface area contributed by atoms with Gasteiger partial charge in [0.15, 0.2) is 0 Å². The molecule has 2 aliphatic rings. The highest BCUT2D eigenvalue weighted by molar-refractivity contribution is 4.75. The number of nitrogens with one attached hydrogen (secondary N) is 1. The van der Waals surface area contributed by atoms with E-state index >= 15 is 0 Å². The maximum absolute atomic E-state index is 4.09. The second-order valence-electron chi connectivity index (χ2n) is 4.93. The first kappa shape index (κ1) is 10.4. The lowest BCUT2D eigenvalue weighted by molar-refractivity contribution is -0.859. The van der Waals surface area contributed by atoms with Gasteiger partial charge in [-0.3, -0.25) is 4.90 Å². The molecule has 1 N–H and O–H groups in total. The van der Waals surface area contributed by atoms with Crippen LogP contribution in [-0.4, -0.2) is 37.1 Å². The summed E-state index contributed by atoms with van der Waals surface area (Å²) in [7, 11) is 4.09. The average molecular weight is 196 g/mol. The minimum absolute atomic E-state index is 0.888. The van der Waals surface area contributed by atoms with Gasteiger partial charge in [-0.25, -0.2) is 0 Å². The molecular weight excluding hydrogens is 172 g/mol. The van der Waals surface area contributed by atoms with Crippen LogP contribution in [0.1, 0.15) is 38.5 Å². The SMILES string of the molecule is [CH2-][NH+]1CCC(N2CCCCCC2)CC1. The molecule has 14 heavy (non-hydrogen) atoms. The Kier molecular flexibility index (Phi) is 3.82. The quantitative estimate of drug-likeness (QED) is 0.607. The first-order valence-corrected chi connectivity index (χ1v) is 6.27. The number of hydrogen-bond acceptors (Lipinski definition) is 1. The number of likely N-dealkylation sites (tertiary alicyclic amines) is 2. The Labute approximate surface area is 88.3 Å². The van der Waals surface area contributed by atoms with Crippen LogP contribution in [0.3, 0.4) is 0 Å². The normalized spacial score (nSPS) is 36.6. The van der Waals surface area contributed by atoms with Crippen molar-refractivity contribution in [3.05, 3.63) is 7.05 Å². The number of hydrogen-bond donors (Lipinski definition) is 1. The van der Waals surface area contributed by atoms with Crippen molar-refractivity contribution in [1.29, 1.82) is 0 Å². The Hall–Kier alpha value is -0.0800. The largest absolute Gasteiger partial charge is 0.468 e. The highest BCUT2D eigenvalue weighted by Gasteiger charge is 2.23. The number of nitrogens with zero attached hydrogens (tertiary/aromatic N) is 1. The molecule has 2 nitrogen and oxygen atoms in total. The smallest absolute Gasteiger partial charge is 0.0545 e. The third-order valence-electron chi connectivity index (χ3n) is 3.82. The Balaban J connectivity index is 1.81. The molecule has 2 rings (SSSR count). The van der Waals surface area contributed by atoms with Crippen LogP contribution >= 0.6 is 0 Å². The van der Waals surface area contributed by atoms with E-state index in [-0.39, 0.29) is 0 Å². The van der Waals surface area contributed by atoms with Gasteiger partial charge in [-0.2, -0.15) is 7.05 Å². The van der Waals surface area contributed by atoms with E-state index in [0.29, 0.717) is 0 Å². The first-order valence-electron chi connectivity index (χ1n) is 6.27. The summed E-state index contributed by atoms with van der Waals surface area (Å²) < 4.78 is 0. The molecule has 0 radical (unpaired) electrons. The molecule has 0 aliphatic carbocycles. The lowest BCUT2D eigenvalue weighted by atomic mass is 10.0. The highest BCUT2D eigenvalue weighted by Crippen LogP contribution is 2.16. The van der Waals surface area contributed by atoms with E-state index in [4.69, 9.17) is 0 Å². The van der Waals surface area contributed by atoms with Crippen LogP contribution in [-0.2, 0) is 0 Å². The van der Waals surface area contributed by atoms with E-state index in [1.54, 1.807) is 0 Å². The summed E-state index contributed by atoms with van der Waals surface area (Å²) in [5, 5.41) is 0. The van der Waals surface area contributed by atoms with Gasteiger partial charge in [0.2, 0.25) is 0 Å². The van der Waals surface area contributed by atoms with E-state index in [9.17, 15) is 0 Å². The first-order chi connectivity index (χ1) is 6.86. The summed E-state index contributed by atoms with van der Waals surface area (Å²) in [4.78, 5) is 4.23. The zero-order valence-corrected chi connectivity index (χ0v) is 9.30. The zero-order chi connectivity index (χ0) is 9.80. The Morgan fingerprint density at radius 2 is 1.50 bits per heavy atom. The van der Waals surface area contributed by atoms with Crippen molar-refractivity contribution in [2.45, 2.75) is 44.6 Å². The monoisotopic (exact) mass is 196 g/mol. The number of piperidine rings is 1. The molecule has 0 aromatic carbocycles. The van der Waals surface area contributed by atoms with Gasteiger partial charge in [0.1, 0.15) is 0 Å². The van der Waals surface area contributed by atoms with E-state index < -0.39 is 0 Å². The van der Waals surface area contributed by atoms with Gasteiger partial charge in [-0.1, -0.05) is 12.8 Å². The third kappa shape index (κ3) is 2.71. The van der Waals surface area contributed by atoms with Gasteiger partial charge in [0, 0.05) is 18.9 Å². The molecule has 0 atom stereocenters. The van der Waals surface area contributed by atoms with Crippen molar-refractivity contribution in [2.75, 3.05) is 26.2 Å². The second kappa shape index (κ2) is 5.13. The van der Waals surface area contributed by atoms with Gasteiger partial charge < -0.3 is 4.90 Å². The fourth-order valence-electron chi connectivity index (χ4n) is 2.84. The van der Waals surface area contributed by atoms with Crippen LogP contribution < -0.4 is 4.90 Å². The van der Waals surface area contributed by atoms with Crippen molar-refractivity contribution in [1.82, 2.24) is 4.90 Å². The van der Waals surface area contributed by atoms with Crippen LogP contribution in [0.5, 0.6) is 0 Å². The molecule has 2 fully saturated rings. The second-order valence-corrected chi connectivity index (χ2v) is 4.93. The Morgan fingerprint density at radius 3 is 2.07 bits per heavy atom. The average Bonchev–Trinajstić information content (AvgIpc) is 2.47. The van der Waals surface area contributed by atoms with Crippen LogP contribution in [0.4, 0.5) is 0 Å². The van der Waals surface area contributed by atoms with Gasteiger partial charge in [0.05, 0.1) is 13.1 Å². The fraction of sp³-hybridized carbons (Fsp3) is 0.917. The minimum atomic E-state index is 0.888. The van der Waals surface area contributed by atoms with E-state index in [1.165, 1.54) is 69.6 Å². The molecule has 0 spiro atoms. The Morgan fingerprint density at radius 1 is 0.929 bits per heavy atom. The Bertz CT molecular complexity index is 154. The van der Waals surface area contributed by atoms with Gasteiger partial charge in [-0.05, 0) is 25.9 Å². The molecule has 0 bridgehead atoms. The third-order valence-corrected chi connectivity index (χ3v) is 3.82. The van der Waals surface area contributed by atoms with Crippen molar-refractivity contribution < 1.29 is 4.90 Å². The van der Waals surface area contributed by atoms with Crippen molar-refractivity contribution in [3.63, 3.8) is 0 Å². The highest BCUT2D eigenvalue weighted by atomic mass is 15.2. The van der Waals surface area contributed by atoms with Crippen LogP contribution in [0.2, 0.25) is 0 Å². The summed E-state index contributed by atoms with van der Waals surface area (Å²) in [6.45, 7) is 5.27. The molecule has 0 amide bonds. The van der Waals surface area contributed by atoms with Gasteiger partial charge in [0.25, 0.3) is 0 Å². The molecule has 2 aliphatic heterocycles. The van der Waals surface area contributed by atoms with Gasteiger partial charge >= 0.3 is 0 Å². The van der Waals surface area contributed by atoms with Crippen LogP contribution in [0.15, 0.2) is 0 Å². The summed E-state index contributed by atoms with van der Waals surface area (Å²) in [5.41, 5.74) is 0. The van der Waals surface area contributed by atoms with E-state index in [2.05, 4.69) is 11.9 Å². The predicted molar refractivity (Wildman–Crippen MR) is 59.1 cm³/mol. The molecule has 82 valence electrons.